The third-order valence-electron chi connectivity index (χ3n) is 8.96. The van der Waals surface area contributed by atoms with Crippen molar-refractivity contribution in [3.63, 3.8) is 0 Å². The lowest BCUT2D eigenvalue weighted by Crippen LogP contribution is -2.31. The van der Waals surface area contributed by atoms with E-state index < -0.39 is 57.7 Å². The molecule has 0 spiro atoms. The smallest absolute Gasteiger partial charge is 0.352 e. The van der Waals surface area contributed by atoms with E-state index in [4.69, 9.17) is 14.8 Å². The molecular weight excluding hydrogens is 931 g/mol. The molecule has 5 aromatic carbocycles. The SMILES string of the molecule is O=C(O)CC(Nc1cc(Nc2ccccc2)cc(Nc2ccc(C=Cc3ccc(Nc4nc(N/C(=C\COO)C(=O)O)nc(Nc5ccccc5)n4)cc3S(=O)(=O)O)c(SOOO)c2)c1)C(=O)O. The Morgan fingerprint density at radius 3 is 1.76 bits per heavy atom. The van der Waals surface area contributed by atoms with Gasteiger partial charge < -0.3 is 47.2 Å². The molecule has 352 valence electrons. The predicted octanol–water partition coefficient (Wildman–Crippen LogP) is 7.90. The summed E-state index contributed by atoms with van der Waals surface area (Å²) in [7, 11) is -4.89. The van der Waals surface area contributed by atoms with Crippen LogP contribution in [0.15, 0.2) is 137 Å². The summed E-state index contributed by atoms with van der Waals surface area (Å²) in [6.07, 6.45) is 3.20. The van der Waals surface area contributed by atoms with Crippen LogP contribution >= 0.6 is 12.0 Å². The monoisotopic (exact) mass is 969 g/mol. The van der Waals surface area contributed by atoms with Crippen LogP contribution in [0.5, 0.6) is 0 Å². The maximum atomic E-state index is 12.8. The van der Waals surface area contributed by atoms with Gasteiger partial charge in [-0.1, -0.05) is 65.7 Å². The van der Waals surface area contributed by atoms with Gasteiger partial charge in [-0.05, 0) is 83.9 Å². The zero-order valence-corrected chi connectivity index (χ0v) is 36.4. The Labute approximate surface area is 389 Å². The number of aliphatic carboxylic acids is 3. The van der Waals surface area contributed by atoms with Crippen LogP contribution in [0.4, 0.5) is 57.7 Å². The molecule has 0 amide bonds. The van der Waals surface area contributed by atoms with E-state index in [0.29, 0.717) is 50.9 Å². The molecule has 0 bridgehead atoms. The summed E-state index contributed by atoms with van der Waals surface area (Å²) in [5, 5.41) is 67.6. The number of nitrogens with one attached hydrogen (secondary N) is 6. The molecule has 6 rings (SSSR count). The molecule has 1 aromatic heterocycles. The van der Waals surface area contributed by atoms with Crippen LogP contribution in [0.3, 0.4) is 0 Å². The van der Waals surface area contributed by atoms with Gasteiger partial charge in [-0.3, -0.25) is 14.6 Å². The van der Waals surface area contributed by atoms with E-state index >= 15 is 0 Å². The highest BCUT2D eigenvalue weighted by Gasteiger charge is 2.22. The van der Waals surface area contributed by atoms with E-state index in [1.165, 1.54) is 24.3 Å². The topological polar surface area (TPSA) is 345 Å². The number of benzene rings is 5. The number of hydrogen-bond donors (Lipinski definition) is 12. The van der Waals surface area contributed by atoms with Gasteiger partial charge in [0.1, 0.15) is 23.2 Å². The number of hydrogen-bond acceptors (Lipinski definition) is 20. The summed E-state index contributed by atoms with van der Waals surface area (Å²) in [6, 6.07) is 30.0. The Morgan fingerprint density at radius 1 is 0.647 bits per heavy atom. The summed E-state index contributed by atoms with van der Waals surface area (Å²) in [6.45, 7) is -0.479. The van der Waals surface area contributed by atoms with E-state index in [9.17, 15) is 42.7 Å². The molecule has 0 saturated heterocycles. The molecule has 25 heteroatoms. The molecular formula is C43H39N9O14S2. The molecule has 1 atom stereocenters. The minimum absolute atomic E-state index is 0.0210. The quantitative estimate of drug-likeness (QED) is 0.00684. The summed E-state index contributed by atoms with van der Waals surface area (Å²) in [4.78, 5) is 51.6. The van der Waals surface area contributed by atoms with Gasteiger partial charge in [0.15, 0.2) is 0 Å². The molecule has 0 radical (unpaired) electrons. The Hall–Kier alpha value is -8.14. The summed E-state index contributed by atoms with van der Waals surface area (Å²) in [5.74, 6) is -4.64. The molecule has 0 aliphatic heterocycles. The van der Waals surface area contributed by atoms with Crippen LogP contribution < -0.4 is 31.9 Å². The fraction of sp³-hybridized carbons (Fsp3) is 0.0698. The van der Waals surface area contributed by atoms with Gasteiger partial charge in [0.2, 0.25) is 17.8 Å². The second kappa shape index (κ2) is 23.4. The van der Waals surface area contributed by atoms with Gasteiger partial charge in [0.25, 0.3) is 10.1 Å². The largest absolute Gasteiger partial charge is 0.481 e. The first-order valence-corrected chi connectivity index (χ1v) is 21.7. The highest BCUT2D eigenvalue weighted by Crippen LogP contribution is 2.34. The Bertz CT molecular complexity index is 2930. The third-order valence-corrected chi connectivity index (χ3v) is 10.5. The molecule has 0 aliphatic carbocycles. The predicted molar refractivity (Wildman–Crippen MR) is 250 cm³/mol. The molecule has 0 saturated carbocycles. The standard InChI is InChI=1S/C43H39N9O14S2/c53-38(54)24-35(40(57)58)46-33-20-31(44-27-7-3-1-4-8-27)19-32(21-33)45-29-15-13-25(36(22-29)67-66-65-60)11-12-26-14-16-30(23-37(26)68(61,62)63)48-42-50-41(47-28-9-5-2-6-10-28)51-43(52-42)49-34(39(55)56)17-18-64-59/h1-17,19-23,35,44-46,59-60H,18,24H2,(H,53,54)(H,55,56)(H,57,58)(H,61,62,63)(H3,47,48,49,50,51,52)/b12-11?,34-17-. The van der Waals surface area contributed by atoms with Crippen LogP contribution in [0.2, 0.25) is 0 Å². The maximum absolute atomic E-state index is 12.8. The number of anilines is 10. The van der Waals surface area contributed by atoms with Crippen molar-refractivity contribution >= 4 is 110 Å². The van der Waals surface area contributed by atoms with Crippen molar-refractivity contribution in [2.24, 2.45) is 0 Å². The number of carboxylic acids is 3. The highest BCUT2D eigenvalue weighted by molar-refractivity contribution is 7.94. The van der Waals surface area contributed by atoms with Crippen molar-refractivity contribution in [2.45, 2.75) is 22.3 Å². The summed E-state index contributed by atoms with van der Waals surface area (Å²) >= 11 is 0.588. The Morgan fingerprint density at radius 2 is 1.19 bits per heavy atom. The van der Waals surface area contributed by atoms with E-state index in [1.807, 2.05) is 30.3 Å². The summed E-state index contributed by atoms with van der Waals surface area (Å²) < 4.78 is 40.6. The highest BCUT2D eigenvalue weighted by atomic mass is 32.2. The number of carbonyl (C=O) groups is 3. The fourth-order valence-corrected chi connectivity index (χ4v) is 7.29. The molecule has 23 nitrogen and oxygen atoms in total. The van der Waals surface area contributed by atoms with E-state index in [-0.39, 0.29) is 34.8 Å². The van der Waals surface area contributed by atoms with Crippen molar-refractivity contribution in [1.29, 1.82) is 0 Å². The van der Waals surface area contributed by atoms with Gasteiger partial charge in [0, 0.05) is 44.7 Å². The number of carboxylic acid groups (broad SMARTS) is 3. The minimum Gasteiger partial charge on any atom is -0.481 e. The van der Waals surface area contributed by atoms with Crippen LogP contribution in [0, 0.1) is 0 Å². The van der Waals surface area contributed by atoms with Gasteiger partial charge in [-0.25, -0.2) is 19.7 Å². The molecule has 12 N–H and O–H groups in total. The second-order valence-electron chi connectivity index (χ2n) is 13.9. The van der Waals surface area contributed by atoms with Gasteiger partial charge in [-0.2, -0.15) is 23.4 Å². The van der Waals surface area contributed by atoms with Gasteiger partial charge >= 0.3 is 17.9 Å². The Kier molecular flexibility index (Phi) is 16.9. The lowest BCUT2D eigenvalue weighted by Gasteiger charge is -2.18. The average Bonchev–Trinajstić information content (AvgIpc) is 3.29. The van der Waals surface area contributed by atoms with Crippen LogP contribution in [0.1, 0.15) is 17.5 Å². The second-order valence-corrected chi connectivity index (χ2v) is 16.0. The number of rotatable bonds is 24. The first-order chi connectivity index (χ1) is 32.6. The maximum Gasteiger partial charge on any atom is 0.352 e. The summed E-state index contributed by atoms with van der Waals surface area (Å²) in [5.41, 5.74) is 2.98. The molecule has 1 unspecified atom stereocenters. The molecule has 0 aliphatic rings. The zero-order chi connectivity index (χ0) is 48.6. The zero-order valence-electron chi connectivity index (χ0n) is 34.8. The Balaban J connectivity index is 1.29. The van der Waals surface area contributed by atoms with Crippen LogP contribution in [0.25, 0.3) is 12.2 Å². The molecule has 1 heterocycles. The fourth-order valence-electron chi connectivity index (χ4n) is 6.07. The minimum atomic E-state index is -4.89. The molecule has 6 aromatic rings. The first kappa shape index (κ1) is 49.3. The normalized spacial score (nSPS) is 12.0. The molecule has 0 fully saturated rings. The van der Waals surface area contributed by atoms with Crippen LogP contribution in [-0.2, 0) is 38.8 Å². The molecule has 68 heavy (non-hydrogen) atoms. The van der Waals surface area contributed by atoms with Crippen molar-refractivity contribution in [3.8, 4) is 0 Å². The average molecular weight is 970 g/mol. The lowest BCUT2D eigenvalue weighted by atomic mass is 10.1. The van der Waals surface area contributed by atoms with Gasteiger partial charge in [0.05, 0.1) is 18.5 Å². The number of para-hydroxylation sites is 2. The van der Waals surface area contributed by atoms with Crippen molar-refractivity contribution in [3.05, 3.63) is 138 Å². The number of nitrogens with zero attached hydrogens (tertiary/aromatic N) is 3. The van der Waals surface area contributed by atoms with E-state index in [0.717, 1.165) is 12.1 Å². The van der Waals surface area contributed by atoms with E-state index in [2.05, 4.69) is 56.8 Å². The third kappa shape index (κ3) is 14.7. The van der Waals surface area contributed by atoms with Crippen molar-refractivity contribution < 1.29 is 67.4 Å². The van der Waals surface area contributed by atoms with Crippen molar-refractivity contribution in [2.75, 3.05) is 38.5 Å². The lowest BCUT2D eigenvalue weighted by molar-refractivity contribution is -0.432. The van der Waals surface area contributed by atoms with Crippen molar-refractivity contribution in [1.82, 2.24) is 15.0 Å². The van der Waals surface area contributed by atoms with Gasteiger partial charge in [-0.15, -0.1) is 4.33 Å². The number of aromatic nitrogens is 3. The van der Waals surface area contributed by atoms with Crippen LogP contribution in [-0.4, -0.2) is 84.3 Å². The first-order valence-electron chi connectivity index (χ1n) is 19.5. The van der Waals surface area contributed by atoms with E-state index in [1.54, 1.807) is 66.7 Å².